The summed E-state index contributed by atoms with van der Waals surface area (Å²) in [5, 5.41) is 2.62. The summed E-state index contributed by atoms with van der Waals surface area (Å²) in [6.45, 7) is 2.54. The molecule has 0 aliphatic carbocycles. The van der Waals surface area contributed by atoms with Crippen molar-refractivity contribution in [3.63, 3.8) is 0 Å². The molecule has 0 spiro atoms. The molecule has 0 aromatic heterocycles. The molecule has 2 aromatic carbocycles. The number of nitrogens with zero attached hydrogens (tertiary/aromatic N) is 2. The van der Waals surface area contributed by atoms with E-state index in [0.717, 1.165) is 26.2 Å². The van der Waals surface area contributed by atoms with Gasteiger partial charge in [0.2, 0.25) is 0 Å². The molecule has 0 unspecified atom stereocenters. The minimum atomic E-state index is -4.28. The van der Waals surface area contributed by atoms with Crippen molar-refractivity contribution in [1.82, 2.24) is 5.32 Å². The van der Waals surface area contributed by atoms with Crippen molar-refractivity contribution in [2.45, 2.75) is 18.2 Å². The first-order valence-corrected chi connectivity index (χ1v) is 11.9. The van der Waals surface area contributed by atoms with Crippen LogP contribution in [-0.2, 0) is 11.0 Å². The summed E-state index contributed by atoms with van der Waals surface area (Å²) in [5.41, 5.74) is 3.53. The molecule has 2 amide bonds. The molecule has 0 saturated heterocycles. The first-order chi connectivity index (χ1) is 13.2. The van der Waals surface area contributed by atoms with Crippen molar-refractivity contribution in [1.29, 1.82) is 0 Å². The van der Waals surface area contributed by atoms with E-state index >= 15 is 0 Å². The van der Waals surface area contributed by atoms with Crippen molar-refractivity contribution in [3.8, 4) is 0 Å². The number of hydrogen-bond donors (Lipinski definition) is 3. The number of carbonyl (C=O) groups excluding carboxylic acids is 1. The van der Waals surface area contributed by atoms with Gasteiger partial charge in [0.05, 0.1) is 0 Å². The molecule has 0 atom stereocenters. The molecular weight excluding hydrogens is 465 g/mol. The number of amides is 2. The van der Waals surface area contributed by atoms with E-state index in [2.05, 4.69) is 21.2 Å². The van der Waals surface area contributed by atoms with Crippen LogP contribution in [0, 0.1) is 6.92 Å². The molecule has 1 aliphatic rings. The molecule has 0 saturated carbocycles. The van der Waals surface area contributed by atoms with E-state index in [0.29, 0.717) is 18.7 Å². The van der Waals surface area contributed by atoms with Gasteiger partial charge in [0.1, 0.15) is 6.29 Å². The first-order valence-electron chi connectivity index (χ1n) is 8.56. The van der Waals surface area contributed by atoms with Crippen molar-refractivity contribution in [3.05, 3.63) is 52.0 Å². The van der Waals surface area contributed by atoms with Gasteiger partial charge in [-0.1, -0.05) is 15.9 Å². The quantitative estimate of drug-likeness (QED) is 0.435. The Balaban J connectivity index is 1.93. The van der Waals surface area contributed by atoms with Gasteiger partial charge in [-0.25, -0.2) is 4.79 Å². The van der Waals surface area contributed by atoms with E-state index < -0.39 is 13.9 Å². The zero-order valence-corrected chi connectivity index (χ0v) is 18.7. The second-order valence-corrected chi connectivity index (χ2v) is 10.1. The fourth-order valence-corrected chi connectivity index (χ4v) is 5.93. The van der Waals surface area contributed by atoms with Crippen molar-refractivity contribution >= 4 is 52.9 Å². The Morgan fingerprint density at radius 1 is 1.32 bits per heavy atom. The van der Waals surface area contributed by atoms with Crippen LogP contribution in [0.2, 0.25) is 0 Å². The van der Waals surface area contributed by atoms with E-state index in [9.17, 15) is 19.1 Å². The average molecular weight is 486 g/mol. The topological polar surface area (TPSA) is 93.1 Å². The number of aryl methyl sites for hydroxylation is 1. The molecule has 3 rings (SSSR count). The van der Waals surface area contributed by atoms with Crippen LogP contribution in [0.25, 0.3) is 0 Å². The predicted octanol–water partition coefficient (Wildman–Crippen LogP) is 4.11. The van der Waals surface area contributed by atoms with Crippen LogP contribution in [0.15, 0.2) is 45.8 Å². The van der Waals surface area contributed by atoms with Crippen molar-refractivity contribution < 1.29 is 19.1 Å². The number of carbonyl (C=O) groups is 1. The van der Waals surface area contributed by atoms with E-state index in [-0.39, 0.29) is 6.03 Å². The molecule has 0 radical (unpaired) electrons. The van der Waals surface area contributed by atoms with Gasteiger partial charge in [0, 0.05) is 34.3 Å². The fraction of sp³-hybridized carbons (Fsp3) is 0.278. The van der Waals surface area contributed by atoms with Crippen LogP contribution in [0.5, 0.6) is 0 Å². The highest BCUT2D eigenvalue weighted by atomic mass is 79.9. The van der Waals surface area contributed by atoms with Gasteiger partial charge >= 0.3 is 13.6 Å². The van der Waals surface area contributed by atoms with Gasteiger partial charge in [0.15, 0.2) is 0 Å². The number of anilines is 2. The van der Waals surface area contributed by atoms with E-state index in [1.807, 2.05) is 37.3 Å². The lowest BCUT2D eigenvalue weighted by molar-refractivity contribution is 0.248. The average Bonchev–Trinajstić information content (AvgIpc) is 3.01. The van der Waals surface area contributed by atoms with Gasteiger partial charge in [-0.15, -0.1) is 0 Å². The minimum absolute atomic E-state index is 0.169. The molecule has 0 fully saturated rings. The summed E-state index contributed by atoms with van der Waals surface area (Å²) in [4.78, 5) is 33.6. The SMILES string of the molecule is CNC(=O)N1CCc2cc(N(CP(=O)(O)O)Sc3cc(C)cc(Br)c3)ccc21. The Hall–Kier alpha value is -1.51. The maximum absolute atomic E-state index is 12.0. The van der Waals surface area contributed by atoms with Crippen LogP contribution in [0.1, 0.15) is 11.1 Å². The molecule has 0 bridgehead atoms. The van der Waals surface area contributed by atoms with Crippen molar-refractivity contribution in [2.24, 2.45) is 0 Å². The smallest absolute Gasteiger partial charge is 0.341 e. The van der Waals surface area contributed by atoms with E-state index in [4.69, 9.17) is 0 Å². The number of benzene rings is 2. The van der Waals surface area contributed by atoms with Gasteiger partial charge in [0.25, 0.3) is 0 Å². The highest BCUT2D eigenvalue weighted by Gasteiger charge is 2.26. The van der Waals surface area contributed by atoms with Crippen LogP contribution in [0.4, 0.5) is 16.2 Å². The maximum atomic E-state index is 12.0. The molecule has 3 N–H and O–H groups in total. The van der Waals surface area contributed by atoms with Gasteiger partial charge in [-0.2, -0.15) is 0 Å². The summed E-state index contributed by atoms with van der Waals surface area (Å²) in [6.07, 6.45) is 0.280. The molecule has 2 aromatic rings. The van der Waals surface area contributed by atoms with E-state index in [1.165, 1.54) is 11.9 Å². The summed E-state index contributed by atoms with van der Waals surface area (Å²) in [7, 11) is -2.69. The summed E-state index contributed by atoms with van der Waals surface area (Å²) < 4.78 is 14.2. The molecule has 1 heterocycles. The molecule has 1 aliphatic heterocycles. The van der Waals surface area contributed by atoms with Gasteiger partial charge in [-0.3, -0.25) is 13.8 Å². The third-order valence-corrected chi connectivity index (χ3v) is 6.56. The molecule has 150 valence electrons. The zero-order valence-electron chi connectivity index (χ0n) is 15.4. The summed E-state index contributed by atoms with van der Waals surface area (Å²) >= 11 is 4.73. The Morgan fingerprint density at radius 2 is 2.07 bits per heavy atom. The third kappa shape index (κ3) is 5.10. The highest BCUT2D eigenvalue weighted by Crippen LogP contribution is 2.43. The Morgan fingerprint density at radius 3 is 2.71 bits per heavy atom. The lowest BCUT2D eigenvalue weighted by atomic mass is 10.1. The lowest BCUT2D eigenvalue weighted by Gasteiger charge is -2.25. The van der Waals surface area contributed by atoms with Crippen LogP contribution >= 0.6 is 35.5 Å². The Labute approximate surface area is 176 Å². The molecule has 10 heteroatoms. The van der Waals surface area contributed by atoms with Crippen LogP contribution in [-0.4, -0.2) is 35.7 Å². The number of rotatable bonds is 5. The third-order valence-electron chi connectivity index (χ3n) is 4.25. The second kappa shape index (κ2) is 8.47. The monoisotopic (exact) mass is 485 g/mol. The summed E-state index contributed by atoms with van der Waals surface area (Å²) in [5.74, 6) is 0. The molecule has 7 nitrogen and oxygen atoms in total. The number of hydrogen-bond acceptors (Lipinski definition) is 4. The number of fused-ring (bicyclic) bond motifs is 1. The zero-order chi connectivity index (χ0) is 20.5. The van der Waals surface area contributed by atoms with Gasteiger partial charge in [-0.05, 0) is 72.8 Å². The number of urea groups is 1. The largest absolute Gasteiger partial charge is 0.345 e. The minimum Gasteiger partial charge on any atom is -0.341 e. The maximum Gasteiger partial charge on any atom is 0.345 e. The predicted molar refractivity (Wildman–Crippen MR) is 116 cm³/mol. The summed E-state index contributed by atoms with van der Waals surface area (Å²) in [6, 6.07) is 11.2. The fourth-order valence-electron chi connectivity index (χ4n) is 3.10. The number of nitrogens with one attached hydrogen (secondary N) is 1. The Kier molecular flexibility index (Phi) is 6.41. The van der Waals surface area contributed by atoms with E-state index in [1.54, 1.807) is 22.3 Å². The Bertz CT molecular complexity index is 932. The highest BCUT2D eigenvalue weighted by molar-refractivity contribution is 9.10. The standard InChI is InChI=1S/C18H21BrN3O4PS/c1-12-7-14(19)10-16(8-12)28-22(11-27(24,25)26)15-3-4-17-13(9-15)5-6-21(17)18(23)20-2/h3-4,7-10H,5-6,11H2,1-2H3,(H,20,23)(H2,24,25,26). The second-order valence-electron chi connectivity index (χ2n) is 6.51. The van der Waals surface area contributed by atoms with Crippen LogP contribution in [0.3, 0.4) is 0 Å². The lowest BCUT2D eigenvalue weighted by Crippen LogP contribution is -2.36. The van der Waals surface area contributed by atoms with Gasteiger partial charge < -0.3 is 15.1 Å². The normalized spacial score (nSPS) is 13.4. The van der Waals surface area contributed by atoms with Crippen LogP contribution < -0.4 is 14.5 Å². The first kappa shape index (κ1) is 21.2. The molecule has 28 heavy (non-hydrogen) atoms. The van der Waals surface area contributed by atoms with Crippen molar-refractivity contribution in [2.75, 3.05) is 29.1 Å². The number of halogens is 1. The molecular formula is C18H21BrN3O4PS.